The summed E-state index contributed by atoms with van der Waals surface area (Å²) in [6, 6.07) is 3.14. The molecule has 0 aliphatic carbocycles. The van der Waals surface area contributed by atoms with Gasteiger partial charge in [0.2, 0.25) is 5.91 Å². The van der Waals surface area contributed by atoms with Crippen LogP contribution in [0.15, 0.2) is 12.1 Å². The van der Waals surface area contributed by atoms with Crippen LogP contribution in [0.2, 0.25) is 0 Å². The van der Waals surface area contributed by atoms with Crippen LogP contribution >= 0.6 is 0 Å². The van der Waals surface area contributed by atoms with E-state index in [0.29, 0.717) is 24.3 Å². The average molecular weight is 251 g/mol. The van der Waals surface area contributed by atoms with Crippen LogP contribution < -0.4 is 10.6 Å². The Bertz CT molecular complexity index is 468. The molecule has 1 saturated heterocycles. The molecule has 1 aromatic rings. The zero-order chi connectivity index (χ0) is 13.3. The number of anilines is 2. The van der Waals surface area contributed by atoms with Crippen molar-refractivity contribution in [1.29, 1.82) is 0 Å². The first kappa shape index (κ1) is 12.7. The summed E-state index contributed by atoms with van der Waals surface area (Å²) in [6.07, 6.45) is 0. The number of benzene rings is 1. The lowest BCUT2D eigenvalue weighted by Gasteiger charge is -2.36. The monoisotopic (exact) mass is 251 g/mol. The Morgan fingerprint density at radius 1 is 1.28 bits per heavy atom. The predicted molar refractivity (Wildman–Crippen MR) is 70.0 cm³/mol. The van der Waals surface area contributed by atoms with Gasteiger partial charge in [0.15, 0.2) is 0 Å². The Kier molecular flexibility index (Phi) is 3.41. The van der Waals surface area contributed by atoms with Gasteiger partial charge in [0.05, 0.1) is 11.4 Å². The molecule has 0 atom stereocenters. The number of hydrogen-bond acceptors (Lipinski definition) is 3. The molecule has 1 aliphatic heterocycles. The third kappa shape index (κ3) is 2.39. The second kappa shape index (κ2) is 4.84. The molecule has 1 fully saturated rings. The first-order valence-corrected chi connectivity index (χ1v) is 6.05. The van der Waals surface area contributed by atoms with Crippen molar-refractivity contribution < 1.29 is 9.18 Å². The largest absolute Gasteiger partial charge is 0.397 e. The van der Waals surface area contributed by atoms with Gasteiger partial charge in [0, 0.05) is 33.1 Å². The molecule has 0 bridgehead atoms. The molecular formula is C13H18FN3O. The first-order chi connectivity index (χ1) is 8.49. The maximum Gasteiger partial charge on any atom is 0.219 e. The Labute approximate surface area is 106 Å². The fourth-order valence-electron chi connectivity index (χ4n) is 2.22. The minimum Gasteiger partial charge on any atom is -0.397 e. The molecule has 0 spiro atoms. The van der Waals surface area contributed by atoms with Crippen LogP contribution in [0.3, 0.4) is 0 Å². The molecule has 1 heterocycles. The van der Waals surface area contributed by atoms with Crippen molar-refractivity contribution in [3.63, 3.8) is 0 Å². The molecule has 2 N–H and O–H groups in total. The summed E-state index contributed by atoms with van der Waals surface area (Å²) >= 11 is 0. The minimum absolute atomic E-state index is 0.0953. The molecule has 0 saturated carbocycles. The summed E-state index contributed by atoms with van der Waals surface area (Å²) in [4.78, 5) is 15.1. The Hall–Kier alpha value is -1.78. The molecule has 0 aromatic heterocycles. The fraction of sp³-hybridized carbons (Fsp3) is 0.462. The second-order valence-electron chi connectivity index (χ2n) is 4.65. The van der Waals surface area contributed by atoms with Gasteiger partial charge in [-0.05, 0) is 24.6 Å². The molecule has 1 aliphatic rings. The molecule has 1 aromatic carbocycles. The van der Waals surface area contributed by atoms with E-state index in [9.17, 15) is 9.18 Å². The standard InChI is InChI=1S/C13H18FN3O/c1-9-7-13(12(15)8-11(9)14)17-5-3-16(4-6-17)10(2)18/h7-8H,3-6,15H2,1-2H3. The van der Waals surface area contributed by atoms with Gasteiger partial charge in [0.25, 0.3) is 0 Å². The molecule has 4 nitrogen and oxygen atoms in total. The van der Waals surface area contributed by atoms with Crippen LogP contribution in [0, 0.1) is 12.7 Å². The average Bonchev–Trinajstić information content (AvgIpc) is 2.34. The summed E-state index contributed by atoms with van der Waals surface area (Å²) < 4.78 is 13.3. The van der Waals surface area contributed by atoms with E-state index in [1.54, 1.807) is 19.9 Å². The highest BCUT2D eigenvalue weighted by atomic mass is 19.1. The van der Waals surface area contributed by atoms with Crippen LogP contribution in [0.5, 0.6) is 0 Å². The van der Waals surface area contributed by atoms with E-state index in [4.69, 9.17) is 5.73 Å². The predicted octanol–water partition coefficient (Wildman–Crippen LogP) is 1.38. The van der Waals surface area contributed by atoms with Crippen molar-refractivity contribution >= 4 is 17.3 Å². The van der Waals surface area contributed by atoms with Gasteiger partial charge in [-0.15, -0.1) is 0 Å². The van der Waals surface area contributed by atoms with Gasteiger partial charge in [-0.1, -0.05) is 0 Å². The smallest absolute Gasteiger partial charge is 0.219 e. The van der Waals surface area contributed by atoms with Crippen molar-refractivity contribution in [3.05, 3.63) is 23.5 Å². The third-order valence-corrected chi connectivity index (χ3v) is 3.37. The molecule has 0 radical (unpaired) electrons. The van der Waals surface area contributed by atoms with Crippen molar-refractivity contribution in [3.8, 4) is 0 Å². The molecule has 5 heteroatoms. The summed E-state index contributed by atoms with van der Waals surface area (Å²) in [5, 5.41) is 0. The molecule has 2 rings (SSSR count). The van der Waals surface area contributed by atoms with Crippen LogP contribution in [-0.4, -0.2) is 37.0 Å². The van der Waals surface area contributed by atoms with Crippen molar-refractivity contribution in [1.82, 2.24) is 4.90 Å². The Balaban J connectivity index is 2.15. The molecular weight excluding hydrogens is 233 g/mol. The van der Waals surface area contributed by atoms with E-state index in [1.165, 1.54) is 6.07 Å². The van der Waals surface area contributed by atoms with Gasteiger partial charge in [-0.25, -0.2) is 4.39 Å². The molecule has 18 heavy (non-hydrogen) atoms. The number of aryl methyl sites for hydroxylation is 1. The van der Waals surface area contributed by atoms with E-state index in [-0.39, 0.29) is 11.7 Å². The number of rotatable bonds is 1. The van der Waals surface area contributed by atoms with E-state index in [0.717, 1.165) is 18.8 Å². The highest BCUT2D eigenvalue weighted by molar-refractivity contribution is 5.74. The van der Waals surface area contributed by atoms with Crippen molar-refractivity contribution in [2.45, 2.75) is 13.8 Å². The number of amides is 1. The lowest BCUT2D eigenvalue weighted by molar-refractivity contribution is -0.129. The van der Waals surface area contributed by atoms with E-state index < -0.39 is 0 Å². The number of piperazine rings is 1. The number of carbonyl (C=O) groups is 1. The van der Waals surface area contributed by atoms with Gasteiger partial charge in [0.1, 0.15) is 5.82 Å². The van der Waals surface area contributed by atoms with Crippen molar-refractivity contribution in [2.24, 2.45) is 0 Å². The van der Waals surface area contributed by atoms with E-state index in [2.05, 4.69) is 4.90 Å². The first-order valence-electron chi connectivity index (χ1n) is 6.05. The zero-order valence-corrected chi connectivity index (χ0v) is 10.7. The van der Waals surface area contributed by atoms with Crippen LogP contribution in [0.25, 0.3) is 0 Å². The van der Waals surface area contributed by atoms with Gasteiger partial charge >= 0.3 is 0 Å². The van der Waals surface area contributed by atoms with Gasteiger partial charge in [-0.2, -0.15) is 0 Å². The topological polar surface area (TPSA) is 49.6 Å². The highest BCUT2D eigenvalue weighted by Gasteiger charge is 2.20. The molecule has 0 unspecified atom stereocenters. The second-order valence-corrected chi connectivity index (χ2v) is 4.65. The van der Waals surface area contributed by atoms with Crippen LogP contribution in [0.1, 0.15) is 12.5 Å². The Morgan fingerprint density at radius 2 is 1.89 bits per heavy atom. The Morgan fingerprint density at radius 3 is 2.44 bits per heavy atom. The number of halogens is 1. The normalized spacial score (nSPS) is 15.9. The minimum atomic E-state index is -0.279. The number of nitrogens with two attached hydrogens (primary N) is 1. The molecule has 1 amide bonds. The zero-order valence-electron chi connectivity index (χ0n) is 10.7. The van der Waals surface area contributed by atoms with E-state index >= 15 is 0 Å². The SMILES string of the molecule is CC(=O)N1CCN(c2cc(C)c(F)cc2N)CC1. The lowest BCUT2D eigenvalue weighted by atomic mass is 10.1. The highest BCUT2D eigenvalue weighted by Crippen LogP contribution is 2.27. The fourth-order valence-corrected chi connectivity index (χ4v) is 2.22. The quantitative estimate of drug-likeness (QED) is 0.767. The molecule has 98 valence electrons. The number of nitrogen functional groups attached to an aromatic ring is 1. The summed E-state index contributed by atoms with van der Waals surface area (Å²) in [6.45, 7) is 6.14. The van der Waals surface area contributed by atoms with Gasteiger partial charge < -0.3 is 15.5 Å². The maximum atomic E-state index is 13.3. The number of hydrogen-bond donors (Lipinski definition) is 1. The maximum absolute atomic E-state index is 13.3. The van der Waals surface area contributed by atoms with E-state index in [1.807, 2.05) is 4.90 Å². The lowest BCUT2D eigenvalue weighted by Crippen LogP contribution is -2.48. The summed E-state index contributed by atoms with van der Waals surface area (Å²) in [7, 11) is 0. The van der Waals surface area contributed by atoms with Crippen LogP contribution in [-0.2, 0) is 4.79 Å². The number of carbonyl (C=O) groups excluding carboxylic acids is 1. The van der Waals surface area contributed by atoms with Crippen LogP contribution in [0.4, 0.5) is 15.8 Å². The number of nitrogens with zero attached hydrogens (tertiary/aromatic N) is 2. The van der Waals surface area contributed by atoms with Crippen molar-refractivity contribution in [2.75, 3.05) is 36.8 Å². The summed E-state index contributed by atoms with van der Waals surface area (Å²) in [5.74, 6) is -0.184. The van der Waals surface area contributed by atoms with Gasteiger partial charge in [-0.3, -0.25) is 4.79 Å². The third-order valence-electron chi connectivity index (χ3n) is 3.37. The summed E-state index contributed by atoms with van der Waals surface area (Å²) in [5.41, 5.74) is 7.76.